The normalized spacial score (nSPS) is 17.0. The molecule has 0 aliphatic heterocycles. The van der Waals surface area contributed by atoms with Gasteiger partial charge in [0.2, 0.25) is 0 Å². The van der Waals surface area contributed by atoms with Crippen molar-refractivity contribution in [2.45, 2.75) is 37.6 Å². The van der Waals surface area contributed by atoms with Gasteiger partial charge in [-0.3, -0.25) is 4.79 Å². The number of halogens is 1. The summed E-state index contributed by atoms with van der Waals surface area (Å²) in [6.45, 7) is 3.69. The van der Waals surface area contributed by atoms with Crippen LogP contribution in [0.1, 0.15) is 35.7 Å². The molecule has 1 amide bonds. The minimum absolute atomic E-state index is 0.0432. The van der Waals surface area contributed by atoms with Gasteiger partial charge in [0.1, 0.15) is 0 Å². The third-order valence-electron chi connectivity index (χ3n) is 3.28. The van der Waals surface area contributed by atoms with Crippen molar-refractivity contribution in [3.8, 4) is 0 Å². The quantitative estimate of drug-likeness (QED) is 0.869. The minimum Gasteiger partial charge on any atom is -0.349 e. The largest absolute Gasteiger partial charge is 0.349 e. The molecule has 104 valence electrons. The predicted molar refractivity (Wildman–Crippen MR) is 73.9 cm³/mol. The zero-order valence-electron chi connectivity index (χ0n) is 10.8. The summed E-state index contributed by atoms with van der Waals surface area (Å²) in [5.74, 6) is 0.287. The molecule has 1 fully saturated rings. The molecule has 19 heavy (non-hydrogen) atoms. The van der Waals surface area contributed by atoms with Crippen LogP contribution in [-0.4, -0.2) is 20.4 Å². The lowest BCUT2D eigenvalue weighted by atomic mass is 10.1. The number of nitrogens with one attached hydrogen (secondary N) is 1. The number of carbonyl (C=O) groups excluding carboxylic acids is 1. The van der Waals surface area contributed by atoms with Crippen molar-refractivity contribution in [2.75, 3.05) is 0 Å². The smallest absolute Gasteiger partial charge is 0.261 e. The highest BCUT2D eigenvalue weighted by Crippen LogP contribution is 2.32. The Balaban J connectivity index is 2.23. The molecule has 2 rings (SSSR count). The van der Waals surface area contributed by atoms with E-state index in [1.807, 2.05) is 6.92 Å². The Hall–Kier alpha value is -1.07. The van der Waals surface area contributed by atoms with Crippen LogP contribution in [0.25, 0.3) is 0 Å². The predicted octanol–water partition coefficient (Wildman–Crippen LogP) is 2.45. The molecule has 6 heteroatoms. The molecule has 0 aromatic heterocycles. The first kappa shape index (κ1) is 14.3. The molecule has 1 aromatic carbocycles. The van der Waals surface area contributed by atoms with Crippen molar-refractivity contribution in [1.29, 1.82) is 0 Å². The number of hydrogen-bond acceptors (Lipinski definition) is 3. The number of rotatable bonds is 4. The topological polar surface area (TPSA) is 63.2 Å². The molecule has 4 nitrogen and oxygen atoms in total. The molecule has 1 atom stereocenters. The first-order valence-corrected chi connectivity index (χ1v) is 8.45. The van der Waals surface area contributed by atoms with Crippen LogP contribution >= 0.6 is 10.7 Å². The first-order chi connectivity index (χ1) is 8.77. The Labute approximate surface area is 117 Å². The van der Waals surface area contributed by atoms with Crippen molar-refractivity contribution in [1.82, 2.24) is 5.32 Å². The third kappa shape index (κ3) is 3.70. The number of hydrogen-bond donors (Lipinski definition) is 1. The van der Waals surface area contributed by atoms with Gasteiger partial charge < -0.3 is 5.32 Å². The zero-order valence-corrected chi connectivity index (χ0v) is 12.4. The Morgan fingerprint density at radius 1 is 1.37 bits per heavy atom. The number of amides is 1. The van der Waals surface area contributed by atoms with Crippen LogP contribution in [0.15, 0.2) is 23.1 Å². The molecule has 1 saturated carbocycles. The van der Waals surface area contributed by atoms with E-state index in [9.17, 15) is 13.2 Å². The summed E-state index contributed by atoms with van der Waals surface area (Å²) in [5.41, 5.74) is 1.01. The van der Waals surface area contributed by atoms with E-state index >= 15 is 0 Å². The highest BCUT2D eigenvalue weighted by atomic mass is 35.7. The van der Waals surface area contributed by atoms with Gasteiger partial charge >= 0.3 is 0 Å². The number of carbonyl (C=O) groups is 1. The second kappa shape index (κ2) is 5.13. The van der Waals surface area contributed by atoms with E-state index in [1.54, 1.807) is 13.0 Å². The van der Waals surface area contributed by atoms with Crippen LogP contribution in [-0.2, 0) is 9.05 Å². The van der Waals surface area contributed by atoms with Gasteiger partial charge in [0.25, 0.3) is 15.0 Å². The highest BCUT2D eigenvalue weighted by molar-refractivity contribution is 8.13. The van der Waals surface area contributed by atoms with Crippen LogP contribution in [0, 0.1) is 12.8 Å². The molecule has 0 spiro atoms. The summed E-state index contributed by atoms with van der Waals surface area (Å²) >= 11 is 0. The Morgan fingerprint density at radius 2 is 2.00 bits per heavy atom. The summed E-state index contributed by atoms with van der Waals surface area (Å²) in [6.07, 6.45) is 2.27. The van der Waals surface area contributed by atoms with Gasteiger partial charge in [-0.2, -0.15) is 0 Å². The van der Waals surface area contributed by atoms with Crippen LogP contribution in [0.2, 0.25) is 0 Å². The summed E-state index contributed by atoms with van der Waals surface area (Å²) in [4.78, 5) is 12.0. The molecule has 0 radical (unpaired) electrons. The minimum atomic E-state index is -3.82. The van der Waals surface area contributed by atoms with Crippen molar-refractivity contribution >= 4 is 25.6 Å². The number of benzene rings is 1. The van der Waals surface area contributed by atoms with E-state index in [4.69, 9.17) is 10.7 Å². The first-order valence-electron chi connectivity index (χ1n) is 6.14. The van der Waals surface area contributed by atoms with E-state index in [-0.39, 0.29) is 16.8 Å². The SMILES string of the molecule is Cc1cc(C(=O)NC(C)C2CC2)cc(S(=O)(=O)Cl)c1. The Morgan fingerprint density at radius 3 is 2.53 bits per heavy atom. The summed E-state index contributed by atoms with van der Waals surface area (Å²) in [5, 5.41) is 2.89. The lowest BCUT2D eigenvalue weighted by Gasteiger charge is -2.13. The molecule has 1 aliphatic carbocycles. The Kier molecular flexibility index (Phi) is 3.87. The van der Waals surface area contributed by atoms with Gasteiger partial charge in [-0.25, -0.2) is 8.42 Å². The van der Waals surface area contributed by atoms with Crippen LogP contribution in [0.4, 0.5) is 0 Å². The van der Waals surface area contributed by atoms with Crippen molar-refractivity contribution in [3.63, 3.8) is 0 Å². The van der Waals surface area contributed by atoms with Gasteiger partial charge in [0.15, 0.2) is 0 Å². The average molecular weight is 302 g/mol. The zero-order chi connectivity index (χ0) is 14.2. The maximum absolute atomic E-state index is 12.1. The molecule has 0 bridgehead atoms. The van der Waals surface area contributed by atoms with Crippen LogP contribution in [0.3, 0.4) is 0 Å². The second-order valence-corrected chi connectivity index (χ2v) is 7.64. The van der Waals surface area contributed by atoms with Gasteiger partial charge in [0.05, 0.1) is 4.90 Å². The monoisotopic (exact) mass is 301 g/mol. The fourth-order valence-electron chi connectivity index (χ4n) is 2.02. The third-order valence-corrected chi connectivity index (χ3v) is 4.62. The van der Waals surface area contributed by atoms with Crippen LogP contribution in [0.5, 0.6) is 0 Å². The number of aryl methyl sites for hydroxylation is 1. The molecular weight excluding hydrogens is 286 g/mol. The summed E-state index contributed by atoms with van der Waals surface area (Å²) in [6, 6.07) is 4.53. The van der Waals surface area contributed by atoms with E-state index in [0.29, 0.717) is 17.0 Å². The maximum Gasteiger partial charge on any atom is 0.261 e. The van der Waals surface area contributed by atoms with E-state index in [0.717, 1.165) is 12.8 Å². The molecular formula is C13H16ClNO3S. The average Bonchev–Trinajstić information content (AvgIpc) is 3.10. The Bertz CT molecular complexity index is 608. The lowest BCUT2D eigenvalue weighted by molar-refractivity contribution is 0.0935. The van der Waals surface area contributed by atoms with Gasteiger partial charge in [0, 0.05) is 22.3 Å². The fraction of sp³-hybridized carbons (Fsp3) is 0.462. The van der Waals surface area contributed by atoms with E-state index in [1.165, 1.54) is 12.1 Å². The van der Waals surface area contributed by atoms with E-state index in [2.05, 4.69) is 5.32 Å². The molecule has 0 heterocycles. The van der Waals surface area contributed by atoms with Crippen molar-refractivity contribution in [3.05, 3.63) is 29.3 Å². The molecule has 0 saturated heterocycles. The van der Waals surface area contributed by atoms with E-state index < -0.39 is 9.05 Å². The standard InChI is InChI=1S/C13H16ClNO3S/c1-8-5-11(7-12(6-8)19(14,17)18)13(16)15-9(2)10-3-4-10/h5-7,9-10H,3-4H2,1-2H3,(H,15,16). The maximum atomic E-state index is 12.1. The summed E-state index contributed by atoms with van der Waals surface area (Å²) in [7, 11) is 1.49. The molecule has 1 aliphatic rings. The molecule has 1 aromatic rings. The molecule has 1 N–H and O–H groups in total. The van der Waals surface area contributed by atoms with Gasteiger partial charge in [-0.1, -0.05) is 0 Å². The van der Waals surface area contributed by atoms with Crippen molar-refractivity contribution < 1.29 is 13.2 Å². The fourth-order valence-corrected chi connectivity index (χ4v) is 2.89. The summed E-state index contributed by atoms with van der Waals surface area (Å²) < 4.78 is 22.7. The lowest BCUT2D eigenvalue weighted by Crippen LogP contribution is -2.34. The second-order valence-electron chi connectivity index (χ2n) is 5.07. The highest BCUT2D eigenvalue weighted by Gasteiger charge is 2.29. The van der Waals surface area contributed by atoms with Crippen LogP contribution < -0.4 is 5.32 Å². The van der Waals surface area contributed by atoms with Gasteiger partial charge in [-0.05, 0) is 56.4 Å². The molecule has 1 unspecified atom stereocenters. The van der Waals surface area contributed by atoms with Crippen molar-refractivity contribution in [2.24, 2.45) is 5.92 Å². The van der Waals surface area contributed by atoms with Gasteiger partial charge in [-0.15, -0.1) is 0 Å².